The maximum absolute atomic E-state index is 13.4. The summed E-state index contributed by atoms with van der Waals surface area (Å²) in [5.41, 5.74) is 2.15. The lowest BCUT2D eigenvalue weighted by atomic mass is 9.76. The van der Waals surface area contributed by atoms with Crippen molar-refractivity contribution >= 4 is 0 Å². The van der Waals surface area contributed by atoms with Crippen LogP contribution in [0.5, 0.6) is 5.75 Å². The van der Waals surface area contributed by atoms with Crippen molar-refractivity contribution in [1.82, 2.24) is 4.98 Å². The number of rotatable bonds is 5. The number of pyridine rings is 1. The summed E-state index contributed by atoms with van der Waals surface area (Å²) in [5.74, 6) is -0.145. The van der Waals surface area contributed by atoms with Crippen LogP contribution in [0.3, 0.4) is 0 Å². The molecule has 128 valence electrons. The van der Waals surface area contributed by atoms with E-state index in [1.54, 1.807) is 0 Å². The van der Waals surface area contributed by atoms with E-state index in [1.807, 2.05) is 12.1 Å². The van der Waals surface area contributed by atoms with Crippen molar-refractivity contribution in [3.05, 3.63) is 59.4 Å². The summed E-state index contributed by atoms with van der Waals surface area (Å²) in [6, 6.07) is 9.67. The Kier molecular flexibility index (Phi) is 5.44. The fraction of sp³-hybridized carbons (Fsp3) is 0.450. The molecule has 1 saturated carbocycles. The second-order valence-electron chi connectivity index (χ2n) is 6.51. The largest absolute Gasteiger partial charge is 0.494 e. The van der Waals surface area contributed by atoms with Gasteiger partial charge in [-0.3, -0.25) is 0 Å². The molecule has 1 heterocycles. The first-order chi connectivity index (χ1) is 11.7. The third-order valence-corrected chi connectivity index (χ3v) is 4.84. The molecule has 1 aromatic carbocycles. The van der Waals surface area contributed by atoms with Gasteiger partial charge in [0.15, 0.2) is 5.82 Å². The molecule has 0 aliphatic heterocycles. The van der Waals surface area contributed by atoms with Gasteiger partial charge in [-0.2, -0.15) is 4.39 Å². The van der Waals surface area contributed by atoms with Crippen LogP contribution in [0.2, 0.25) is 0 Å². The molecule has 0 unspecified atom stereocenters. The highest BCUT2D eigenvalue weighted by Crippen LogP contribution is 2.40. The first-order valence-electron chi connectivity index (χ1n) is 8.71. The molecule has 0 radical (unpaired) electrons. The van der Waals surface area contributed by atoms with Gasteiger partial charge in [0.1, 0.15) is 5.75 Å². The SMILES string of the molecule is CCCOc1ccc(C2CCC(c3cnc(F)c(F)c3)CC2)cc1. The van der Waals surface area contributed by atoms with E-state index in [9.17, 15) is 8.78 Å². The Hall–Kier alpha value is -1.97. The number of hydrogen-bond donors (Lipinski definition) is 0. The molecule has 0 atom stereocenters. The minimum Gasteiger partial charge on any atom is -0.494 e. The number of halogens is 2. The summed E-state index contributed by atoms with van der Waals surface area (Å²) in [5, 5.41) is 0. The van der Waals surface area contributed by atoms with Gasteiger partial charge in [0, 0.05) is 6.20 Å². The molecule has 4 heteroatoms. The summed E-state index contributed by atoms with van der Waals surface area (Å²) < 4.78 is 31.9. The van der Waals surface area contributed by atoms with Crippen LogP contribution in [0.15, 0.2) is 36.5 Å². The highest BCUT2D eigenvalue weighted by atomic mass is 19.2. The Labute approximate surface area is 141 Å². The molecule has 1 aliphatic rings. The molecule has 2 aromatic rings. The minimum atomic E-state index is -1.02. The number of hydrogen-bond acceptors (Lipinski definition) is 2. The molecule has 0 spiro atoms. The van der Waals surface area contributed by atoms with Crippen molar-refractivity contribution < 1.29 is 13.5 Å². The molecule has 1 fully saturated rings. The molecule has 0 N–H and O–H groups in total. The maximum Gasteiger partial charge on any atom is 0.248 e. The maximum atomic E-state index is 13.4. The smallest absolute Gasteiger partial charge is 0.248 e. The molecule has 3 rings (SSSR count). The Bertz CT molecular complexity index is 664. The van der Waals surface area contributed by atoms with Gasteiger partial charge >= 0.3 is 0 Å². The van der Waals surface area contributed by atoms with Gasteiger partial charge in [0.2, 0.25) is 5.95 Å². The van der Waals surface area contributed by atoms with Gasteiger partial charge in [-0.15, -0.1) is 0 Å². The quantitative estimate of drug-likeness (QED) is 0.666. The van der Waals surface area contributed by atoms with Crippen molar-refractivity contribution in [2.45, 2.75) is 50.9 Å². The zero-order chi connectivity index (χ0) is 16.9. The van der Waals surface area contributed by atoms with Crippen molar-refractivity contribution in [2.75, 3.05) is 6.61 Å². The Morgan fingerprint density at radius 1 is 1.00 bits per heavy atom. The van der Waals surface area contributed by atoms with Crippen LogP contribution < -0.4 is 4.74 Å². The highest BCUT2D eigenvalue weighted by molar-refractivity contribution is 5.30. The predicted molar refractivity (Wildman–Crippen MR) is 90.3 cm³/mol. The molecule has 0 amide bonds. The van der Waals surface area contributed by atoms with Crippen LogP contribution in [0.4, 0.5) is 8.78 Å². The Morgan fingerprint density at radius 3 is 2.21 bits per heavy atom. The number of ether oxygens (including phenoxy) is 1. The van der Waals surface area contributed by atoms with E-state index >= 15 is 0 Å². The summed E-state index contributed by atoms with van der Waals surface area (Å²) in [7, 11) is 0. The number of benzene rings is 1. The number of aromatic nitrogens is 1. The third kappa shape index (κ3) is 3.92. The van der Waals surface area contributed by atoms with Gasteiger partial charge in [-0.05, 0) is 73.3 Å². The average Bonchev–Trinajstić information content (AvgIpc) is 2.63. The normalized spacial score (nSPS) is 20.8. The van der Waals surface area contributed by atoms with Crippen LogP contribution in [0.1, 0.15) is 62.0 Å². The molecule has 0 bridgehead atoms. The van der Waals surface area contributed by atoms with E-state index in [4.69, 9.17) is 4.74 Å². The molecular formula is C20H23F2NO. The van der Waals surface area contributed by atoms with Crippen molar-refractivity contribution in [2.24, 2.45) is 0 Å². The zero-order valence-corrected chi connectivity index (χ0v) is 14.0. The van der Waals surface area contributed by atoms with Crippen LogP contribution >= 0.6 is 0 Å². The van der Waals surface area contributed by atoms with E-state index in [2.05, 4.69) is 24.0 Å². The van der Waals surface area contributed by atoms with E-state index in [0.29, 0.717) is 5.92 Å². The first kappa shape index (κ1) is 16.9. The van der Waals surface area contributed by atoms with Gasteiger partial charge in [-0.25, -0.2) is 9.37 Å². The van der Waals surface area contributed by atoms with Gasteiger partial charge in [0.25, 0.3) is 0 Å². The summed E-state index contributed by atoms with van der Waals surface area (Å²) in [6.45, 7) is 2.84. The lowest BCUT2D eigenvalue weighted by Gasteiger charge is -2.29. The number of nitrogens with zero attached hydrogens (tertiary/aromatic N) is 1. The second-order valence-corrected chi connectivity index (χ2v) is 6.51. The summed E-state index contributed by atoms with van der Waals surface area (Å²) in [6.07, 6.45) is 6.54. The van der Waals surface area contributed by atoms with Gasteiger partial charge in [0.05, 0.1) is 6.61 Å². The Balaban J connectivity index is 1.59. The van der Waals surface area contributed by atoms with E-state index in [0.717, 1.165) is 50.0 Å². The fourth-order valence-electron chi connectivity index (χ4n) is 3.48. The topological polar surface area (TPSA) is 22.1 Å². The minimum absolute atomic E-state index is 0.274. The van der Waals surface area contributed by atoms with Crippen molar-refractivity contribution in [3.63, 3.8) is 0 Å². The molecule has 24 heavy (non-hydrogen) atoms. The van der Waals surface area contributed by atoms with Crippen LogP contribution in [0.25, 0.3) is 0 Å². The van der Waals surface area contributed by atoms with Crippen LogP contribution in [-0.2, 0) is 0 Å². The summed E-state index contributed by atoms with van der Waals surface area (Å²) in [4.78, 5) is 3.51. The van der Waals surface area contributed by atoms with Gasteiger partial charge < -0.3 is 4.74 Å². The lowest BCUT2D eigenvalue weighted by molar-refractivity contribution is 0.317. The predicted octanol–water partition coefficient (Wildman–Crippen LogP) is 5.59. The van der Waals surface area contributed by atoms with E-state index in [1.165, 1.54) is 17.8 Å². The van der Waals surface area contributed by atoms with Crippen LogP contribution in [0, 0.1) is 11.8 Å². The zero-order valence-electron chi connectivity index (χ0n) is 14.0. The molecule has 1 aliphatic carbocycles. The standard InChI is InChI=1S/C20H23F2NO/c1-2-11-24-18-9-7-15(8-10-18)14-3-5-16(6-4-14)17-12-19(21)20(22)23-13-17/h7-10,12-14,16H,2-6,11H2,1H3. The molecule has 1 aromatic heterocycles. The van der Waals surface area contributed by atoms with Crippen molar-refractivity contribution in [1.29, 1.82) is 0 Å². The molecule has 2 nitrogen and oxygen atoms in total. The first-order valence-corrected chi connectivity index (χ1v) is 8.71. The second kappa shape index (κ2) is 7.73. The molecule has 0 saturated heterocycles. The van der Waals surface area contributed by atoms with E-state index < -0.39 is 11.8 Å². The Morgan fingerprint density at radius 2 is 1.62 bits per heavy atom. The average molecular weight is 331 g/mol. The van der Waals surface area contributed by atoms with Crippen molar-refractivity contribution in [3.8, 4) is 5.75 Å². The fourth-order valence-corrected chi connectivity index (χ4v) is 3.48. The van der Waals surface area contributed by atoms with Crippen LogP contribution in [-0.4, -0.2) is 11.6 Å². The summed E-state index contributed by atoms with van der Waals surface area (Å²) >= 11 is 0. The monoisotopic (exact) mass is 331 g/mol. The lowest BCUT2D eigenvalue weighted by Crippen LogP contribution is -2.13. The highest BCUT2D eigenvalue weighted by Gasteiger charge is 2.24. The van der Waals surface area contributed by atoms with Gasteiger partial charge in [-0.1, -0.05) is 19.1 Å². The molecular weight excluding hydrogens is 308 g/mol. The van der Waals surface area contributed by atoms with E-state index in [-0.39, 0.29) is 5.92 Å². The third-order valence-electron chi connectivity index (χ3n) is 4.84.